The van der Waals surface area contributed by atoms with E-state index in [1.807, 2.05) is 0 Å². The fourth-order valence-corrected chi connectivity index (χ4v) is 3.76. The van der Waals surface area contributed by atoms with Gasteiger partial charge < -0.3 is 10.0 Å². The molecule has 1 aromatic rings. The van der Waals surface area contributed by atoms with Crippen LogP contribution in [0.5, 0.6) is 0 Å². The zero-order valence-electron chi connectivity index (χ0n) is 12.7. The molecule has 1 N–H and O–H groups in total. The quantitative estimate of drug-likeness (QED) is 0.916. The number of nitrogens with zero attached hydrogens (tertiary/aromatic N) is 2. The van der Waals surface area contributed by atoms with Gasteiger partial charge in [0.25, 0.3) is 0 Å². The Morgan fingerprint density at radius 1 is 1.53 bits per heavy atom. The highest BCUT2D eigenvalue weighted by atomic mass is 32.1. The summed E-state index contributed by atoms with van der Waals surface area (Å²) in [4.78, 5) is 8.09. The van der Waals surface area contributed by atoms with Crippen molar-refractivity contribution < 1.29 is 5.11 Å². The van der Waals surface area contributed by atoms with E-state index in [0.717, 1.165) is 35.1 Å². The first kappa shape index (κ1) is 14.8. The molecule has 0 saturated carbocycles. The Morgan fingerprint density at radius 3 is 2.84 bits per heavy atom. The van der Waals surface area contributed by atoms with Crippen molar-refractivity contribution in [3.63, 3.8) is 0 Å². The van der Waals surface area contributed by atoms with E-state index in [1.54, 1.807) is 11.3 Å². The number of anilines is 1. The Bertz CT molecular complexity index is 441. The third kappa shape index (κ3) is 3.29. The maximum Gasteiger partial charge on any atom is 0.185 e. The number of aliphatic hydroxyl groups is 1. The first-order valence-corrected chi connectivity index (χ1v) is 8.03. The lowest BCUT2D eigenvalue weighted by molar-refractivity contribution is 0.102. The molecule has 1 aliphatic carbocycles. The van der Waals surface area contributed by atoms with Crippen LogP contribution in [0.3, 0.4) is 0 Å². The first-order valence-electron chi connectivity index (χ1n) is 7.21. The zero-order valence-corrected chi connectivity index (χ0v) is 13.5. The molecule has 108 valence electrons. The average molecular weight is 282 g/mol. The van der Waals surface area contributed by atoms with Gasteiger partial charge in [0.1, 0.15) is 0 Å². The van der Waals surface area contributed by atoms with E-state index in [2.05, 4.69) is 39.6 Å². The lowest BCUT2D eigenvalue weighted by Gasteiger charge is -2.31. The molecule has 4 heteroatoms. The molecule has 1 heterocycles. The molecule has 0 bridgehead atoms. The van der Waals surface area contributed by atoms with E-state index in [0.29, 0.717) is 5.92 Å². The van der Waals surface area contributed by atoms with E-state index in [-0.39, 0.29) is 11.5 Å². The van der Waals surface area contributed by atoms with Crippen LogP contribution in [-0.4, -0.2) is 23.7 Å². The van der Waals surface area contributed by atoms with Gasteiger partial charge in [-0.3, -0.25) is 0 Å². The van der Waals surface area contributed by atoms with E-state index < -0.39 is 0 Å². The van der Waals surface area contributed by atoms with E-state index in [1.165, 1.54) is 6.42 Å². The van der Waals surface area contributed by atoms with Gasteiger partial charge >= 0.3 is 0 Å². The summed E-state index contributed by atoms with van der Waals surface area (Å²) in [5.74, 6) is 0.673. The van der Waals surface area contributed by atoms with Gasteiger partial charge in [-0.2, -0.15) is 0 Å². The lowest BCUT2D eigenvalue weighted by atomic mass is 9.77. The summed E-state index contributed by atoms with van der Waals surface area (Å²) in [6.07, 6.45) is 2.68. The second-order valence-electron chi connectivity index (χ2n) is 6.76. The fraction of sp³-hybridized carbons (Fsp3) is 0.800. The Kier molecular flexibility index (Phi) is 4.21. The van der Waals surface area contributed by atoms with Crippen LogP contribution >= 0.6 is 11.3 Å². The number of hydrogen-bond donors (Lipinski definition) is 1. The first-order chi connectivity index (χ1) is 8.82. The molecule has 0 amide bonds. The molecule has 1 aromatic heterocycles. The summed E-state index contributed by atoms with van der Waals surface area (Å²) >= 11 is 1.67. The Balaban J connectivity index is 2.18. The van der Waals surface area contributed by atoms with Crippen LogP contribution < -0.4 is 4.90 Å². The summed E-state index contributed by atoms with van der Waals surface area (Å²) in [7, 11) is 2.11. The molecule has 0 aliphatic heterocycles. The SMILES string of the molecule is CCC(C)CN(C)c1nc2c(s1)C(O)CC(C)(C)C2. The maximum absolute atomic E-state index is 10.3. The molecule has 2 atom stereocenters. The highest BCUT2D eigenvalue weighted by molar-refractivity contribution is 7.15. The minimum atomic E-state index is -0.331. The number of rotatable bonds is 4. The predicted molar refractivity (Wildman–Crippen MR) is 81.9 cm³/mol. The zero-order chi connectivity index (χ0) is 14.2. The number of thiazole rings is 1. The molecular formula is C15H26N2OS. The van der Waals surface area contributed by atoms with Gasteiger partial charge in [-0.1, -0.05) is 45.5 Å². The van der Waals surface area contributed by atoms with Crippen molar-refractivity contribution in [1.29, 1.82) is 0 Å². The third-order valence-corrected chi connectivity index (χ3v) is 5.33. The van der Waals surface area contributed by atoms with Gasteiger partial charge in [0.2, 0.25) is 0 Å². The van der Waals surface area contributed by atoms with Crippen LogP contribution in [0.4, 0.5) is 5.13 Å². The Hall–Kier alpha value is -0.610. The van der Waals surface area contributed by atoms with Gasteiger partial charge in [-0.05, 0) is 24.2 Å². The molecule has 1 aliphatic rings. The van der Waals surface area contributed by atoms with Crippen molar-refractivity contribution in [2.75, 3.05) is 18.5 Å². The van der Waals surface area contributed by atoms with E-state index >= 15 is 0 Å². The van der Waals surface area contributed by atoms with Crippen LogP contribution in [0.15, 0.2) is 0 Å². The Morgan fingerprint density at radius 2 is 2.21 bits per heavy atom. The second-order valence-corrected chi connectivity index (χ2v) is 7.77. The van der Waals surface area contributed by atoms with E-state index in [4.69, 9.17) is 4.98 Å². The fourth-order valence-electron chi connectivity index (χ4n) is 2.72. The van der Waals surface area contributed by atoms with Crippen LogP contribution in [0.25, 0.3) is 0 Å². The van der Waals surface area contributed by atoms with Gasteiger partial charge in [0.15, 0.2) is 5.13 Å². The average Bonchev–Trinajstić information content (AvgIpc) is 2.71. The molecule has 3 nitrogen and oxygen atoms in total. The summed E-state index contributed by atoms with van der Waals surface area (Å²) < 4.78 is 0. The Labute approximate surface area is 120 Å². The monoisotopic (exact) mass is 282 g/mol. The van der Waals surface area contributed by atoms with Gasteiger partial charge in [0.05, 0.1) is 16.7 Å². The van der Waals surface area contributed by atoms with Crippen molar-refractivity contribution in [3.05, 3.63) is 10.6 Å². The predicted octanol–water partition coefficient (Wildman–Crippen LogP) is 3.63. The minimum absolute atomic E-state index is 0.160. The highest BCUT2D eigenvalue weighted by Crippen LogP contribution is 2.44. The standard InChI is InChI=1S/C15H26N2OS/c1-6-10(2)9-17(5)14-16-11-7-15(3,4)8-12(18)13(11)19-14/h10,12,18H,6-9H2,1-5H3. The molecule has 0 saturated heterocycles. The largest absolute Gasteiger partial charge is 0.387 e. The number of aromatic nitrogens is 1. The molecule has 2 rings (SSSR count). The molecule has 0 spiro atoms. The normalized spacial score (nSPS) is 22.9. The van der Waals surface area contributed by atoms with Crippen molar-refractivity contribution in [3.8, 4) is 0 Å². The van der Waals surface area contributed by atoms with Crippen molar-refractivity contribution in [2.45, 2.75) is 53.1 Å². The smallest absolute Gasteiger partial charge is 0.185 e. The molecule has 19 heavy (non-hydrogen) atoms. The molecule has 0 aromatic carbocycles. The van der Waals surface area contributed by atoms with Crippen LogP contribution in [-0.2, 0) is 6.42 Å². The van der Waals surface area contributed by atoms with Gasteiger partial charge in [-0.25, -0.2) is 4.98 Å². The second kappa shape index (κ2) is 5.41. The lowest BCUT2D eigenvalue weighted by Crippen LogP contribution is -2.25. The minimum Gasteiger partial charge on any atom is -0.387 e. The van der Waals surface area contributed by atoms with E-state index in [9.17, 15) is 5.11 Å². The van der Waals surface area contributed by atoms with Gasteiger partial charge in [-0.15, -0.1) is 0 Å². The summed E-state index contributed by atoms with van der Waals surface area (Å²) in [5, 5.41) is 11.3. The number of hydrogen-bond acceptors (Lipinski definition) is 4. The number of aliphatic hydroxyl groups excluding tert-OH is 1. The maximum atomic E-state index is 10.3. The summed E-state index contributed by atoms with van der Waals surface area (Å²) in [6.45, 7) is 9.93. The number of fused-ring (bicyclic) bond motifs is 1. The molecular weight excluding hydrogens is 256 g/mol. The van der Waals surface area contributed by atoms with Crippen molar-refractivity contribution >= 4 is 16.5 Å². The van der Waals surface area contributed by atoms with Crippen LogP contribution in [0, 0.1) is 11.3 Å². The highest BCUT2D eigenvalue weighted by Gasteiger charge is 2.34. The molecule has 0 radical (unpaired) electrons. The van der Waals surface area contributed by atoms with Crippen LogP contribution in [0.2, 0.25) is 0 Å². The van der Waals surface area contributed by atoms with Crippen molar-refractivity contribution in [1.82, 2.24) is 4.98 Å². The summed E-state index contributed by atoms with van der Waals surface area (Å²) in [6, 6.07) is 0. The molecule has 0 fully saturated rings. The van der Waals surface area contributed by atoms with Crippen molar-refractivity contribution in [2.24, 2.45) is 11.3 Å². The van der Waals surface area contributed by atoms with Gasteiger partial charge in [0, 0.05) is 13.6 Å². The third-order valence-electron chi connectivity index (χ3n) is 4.02. The summed E-state index contributed by atoms with van der Waals surface area (Å²) in [5.41, 5.74) is 1.27. The topological polar surface area (TPSA) is 36.4 Å². The molecule has 2 unspecified atom stereocenters. The van der Waals surface area contributed by atoms with Crippen LogP contribution in [0.1, 0.15) is 57.2 Å².